The summed E-state index contributed by atoms with van der Waals surface area (Å²) in [4.78, 5) is 15.9. The van der Waals surface area contributed by atoms with Gasteiger partial charge in [-0.3, -0.25) is 4.79 Å². The van der Waals surface area contributed by atoms with Gasteiger partial charge < -0.3 is 15.6 Å². The van der Waals surface area contributed by atoms with Crippen LogP contribution in [0.25, 0.3) is 0 Å². The molecule has 1 aromatic heterocycles. The molecule has 1 saturated heterocycles. The van der Waals surface area contributed by atoms with Crippen LogP contribution in [0.15, 0.2) is 12.5 Å². The molecule has 106 valence electrons. The third-order valence-corrected chi connectivity index (χ3v) is 4.86. The van der Waals surface area contributed by atoms with Gasteiger partial charge in [-0.1, -0.05) is 0 Å². The van der Waals surface area contributed by atoms with Crippen LogP contribution in [0.4, 0.5) is 0 Å². The van der Waals surface area contributed by atoms with Crippen molar-refractivity contribution in [3.8, 4) is 0 Å². The molecule has 1 aliphatic rings. The zero-order valence-electron chi connectivity index (χ0n) is 10.6. The molecule has 0 radical (unpaired) electrons. The number of rotatable bonds is 4. The second-order valence-electron chi connectivity index (χ2n) is 4.68. The third-order valence-electron chi connectivity index (χ3n) is 3.14. The number of nitrogens with two attached hydrogens (primary N) is 1. The van der Waals surface area contributed by atoms with Crippen LogP contribution in [0.2, 0.25) is 0 Å². The summed E-state index contributed by atoms with van der Waals surface area (Å²) >= 11 is 0. The van der Waals surface area contributed by atoms with Crippen molar-refractivity contribution in [3.63, 3.8) is 0 Å². The quantitative estimate of drug-likeness (QED) is 0.749. The van der Waals surface area contributed by atoms with Gasteiger partial charge in [-0.05, 0) is 12.8 Å². The van der Waals surface area contributed by atoms with E-state index in [0.29, 0.717) is 31.6 Å². The van der Waals surface area contributed by atoms with Gasteiger partial charge in [0.05, 0.1) is 17.8 Å². The Morgan fingerprint density at radius 2 is 2.16 bits per heavy atom. The summed E-state index contributed by atoms with van der Waals surface area (Å²) in [5.41, 5.74) is 5.75. The van der Waals surface area contributed by atoms with Crippen molar-refractivity contribution in [2.75, 3.05) is 18.1 Å². The predicted molar refractivity (Wildman–Crippen MR) is 70.4 cm³/mol. The van der Waals surface area contributed by atoms with Gasteiger partial charge in [-0.2, -0.15) is 0 Å². The van der Waals surface area contributed by atoms with Gasteiger partial charge in [0.15, 0.2) is 0 Å². The first-order valence-corrected chi connectivity index (χ1v) is 8.05. The molecule has 3 N–H and O–H groups in total. The average Bonchev–Trinajstić information content (AvgIpc) is 2.81. The Balaban J connectivity index is 1.90. The Morgan fingerprint density at radius 3 is 2.79 bits per heavy atom. The molecule has 8 heteroatoms. The van der Waals surface area contributed by atoms with Crippen molar-refractivity contribution in [1.82, 2.24) is 14.9 Å². The van der Waals surface area contributed by atoms with Crippen molar-refractivity contribution in [1.29, 1.82) is 0 Å². The van der Waals surface area contributed by atoms with Crippen LogP contribution in [0.5, 0.6) is 0 Å². The molecule has 2 heterocycles. The molecule has 0 unspecified atom stereocenters. The van der Waals surface area contributed by atoms with Crippen molar-refractivity contribution in [2.24, 2.45) is 5.73 Å². The van der Waals surface area contributed by atoms with Crippen molar-refractivity contribution >= 4 is 15.7 Å². The number of hydrogen-bond acceptors (Lipinski definition) is 5. The summed E-state index contributed by atoms with van der Waals surface area (Å²) in [5, 5.41) is 2.82. The largest absolute Gasteiger partial charge is 0.348 e. The Hall–Kier alpha value is -1.41. The zero-order valence-corrected chi connectivity index (χ0v) is 11.4. The Labute approximate surface area is 112 Å². The molecule has 0 atom stereocenters. The molecule has 0 spiro atoms. The van der Waals surface area contributed by atoms with Crippen LogP contribution in [0.3, 0.4) is 0 Å². The average molecular weight is 286 g/mol. The van der Waals surface area contributed by atoms with E-state index in [1.54, 1.807) is 17.1 Å². The van der Waals surface area contributed by atoms with Crippen molar-refractivity contribution in [3.05, 3.63) is 18.2 Å². The molecular formula is C11H18N4O3S. The first-order valence-electron chi connectivity index (χ1n) is 6.23. The number of amides is 1. The molecule has 1 aromatic rings. The topological polar surface area (TPSA) is 107 Å². The minimum Gasteiger partial charge on any atom is -0.348 e. The first kappa shape index (κ1) is 14.0. The van der Waals surface area contributed by atoms with Crippen LogP contribution in [0, 0.1) is 0 Å². The third kappa shape index (κ3) is 3.77. The van der Waals surface area contributed by atoms with Gasteiger partial charge >= 0.3 is 0 Å². The standard InChI is InChI=1S/C11H18N4O3S/c12-3-4-15-7-10(13-8-15)11(16)14-9-1-5-19(17,18)6-2-9/h7-9H,1-6,12H2,(H,14,16). The Bertz CT molecular complexity index is 538. The molecule has 19 heavy (non-hydrogen) atoms. The van der Waals surface area contributed by atoms with E-state index >= 15 is 0 Å². The zero-order chi connectivity index (χ0) is 13.9. The fourth-order valence-electron chi connectivity index (χ4n) is 2.04. The lowest BCUT2D eigenvalue weighted by atomic mass is 10.1. The van der Waals surface area contributed by atoms with Gasteiger partial charge in [0.2, 0.25) is 0 Å². The number of nitrogens with one attached hydrogen (secondary N) is 1. The molecule has 2 rings (SSSR count). The SMILES string of the molecule is NCCn1cnc(C(=O)NC2CCS(=O)(=O)CC2)c1. The van der Waals surface area contributed by atoms with E-state index in [4.69, 9.17) is 5.73 Å². The molecule has 0 aliphatic carbocycles. The number of carbonyl (C=O) groups excluding carboxylic acids is 1. The molecule has 1 amide bonds. The number of carbonyl (C=O) groups is 1. The van der Waals surface area contributed by atoms with E-state index < -0.39 is 9.84 Å². The first-order chi connectivity index (χ1) is 9.00. The summed E-state index contributed by atoms with van der Waals surface area (Å²) in [5.74, 6) is 0.0131. The number of hydrogen-bond donors (Lipinski definition) is 2. The minimum absolute atomic E-state index is 0.0873. The number of sulfone groups is 1. The number of imidazole rings is 1. The van der Waals surface area contributed by atoms with Gasteiger partial charge in [-0.15, -0.1) is 0 Å². The summed E-state index contributed by atoms with van der Waals surface area (Å²) in [6.07, 6.45) is 4.14. The van der Waals surface area contributed by atoms with E-state index in [-0.39, 0.29) is 23.5 Å². The van der Waals surface area contributed by atoms with E-state index in [1.807, 2.05) is 0 Å². The molecule has 0 aromatic carbocycles. The second-order valence-corrected chi connectivity index (χ2v) is 6.99. The fraction of sp³-hybridized carbons (Fsp3) is 0.636. The highest BCUT2D eigenvalue weighted by Gasteiger charge is 2.25. The highest BCUT2D eigenvalue weighted by Crippen LogP contribution is 2.12. The maximum Gasteiger partial charge on any atom is 0.271 e. The van der Waals surface area contributed by atoms with Crippen LogP contribution in [0.1, 0.15) is 23.3 Å². The highest BCUT2D eigenvalue weighted by atomic mass is 32.2. The lowest BCUT2D eigenvalue weighted by Gasteiger charge is -2.22. The maximum absolute atomic E-state index is 11.9. The normalized spacial score (nSPS) is 19.2. The number of aromatic nitrogens is 2. The Kier molecular flexibility index (Phi) is 4.20. The lowest BCUT2D eigenvalue weighted by molar-refractivity contribution is 0.0929. The number of nitrogens with zero attached hydrogens (tertiary/aromatic N) is 2. The van der Waals surface area contributed by atoms with Crippen LogP contribution >= 0.6 is 0 Å². The second kappa shape index (κ2) is 5.70. The van der Waals surface area contributed by atoms with Crippen LogP contribution < -0.4 is 11.1 Å². The highest BCUT2D eigenvalue weighted by molar-refractivity contribution is 7.91. The monoisotopic (exact) mass is 286 g/mol. The summed E-state index contributed by atoms with van der Waals surface area (Å²) in [6, 6.07) is -0.0873. The molecule has 0 bridgehead atoms. The van der Waals surface area contributed by atoms with Gasteiger partial charge in [0.1, 0.15) is 15.5 Å². The van der Waals surface area contributed by atoms with Crippen LogP contribution in [-0.2, 0) is 16.4 Å². The van der Waals surface area contributed by atoms with Gasteiger partial charge in [0.25, 0.3) is 5.91 Å². The van der Waals surface area contributed by atoms with Crippen molar-refractivity contribution < 1.29 is 13.2 Å². The summed E-state index contributed by atoms with van der Waals surface area (Å²) in [7, 11) is -2.90. The summed E-state index contributed by atoms with van der Waals surface area (Å²) in [6.45, 7) is 1.10. The van der Waals surface area contributed by atoms with Crippen LogP contribution in [-0.4, -0.2) is 48.0 Å². The lowest BCUT2D eigenvalue weighted by Crippen LogP contribution is -2.40. The summed E-state index contributed by atoms with van der Waals surface area (Å²) < 4.78 is 24.3. The van der Waals surface area contributed by atoms with E-state index in [1.165, 1.54) is 0 Å². The van der Waals surface area contributed by atoms with E-state index in [9.17, 15) is 13.2 Å². The van der Waals surface area contributed by atoms with Gasteiger partial charge in [-0.25, -0.2) is 13.4 Å². The predicted octanol–water partition coefficient (Wildman–Crippen LogP) is -0.851. The van der Waals surface area contributed by atoms with E-state index in [0.717, 1.165) is 0 Å². The molecule has 7 nitrogen and oxygen atoms in total. The van der Waals surface area contributed by atoms with Crippen molar-refractivity contribution in [2.45, 2.75) is 25.4 Å². The van der Waals surface area contributed by atoms with E-state index in [2.05, 4.69) is 10.3 Å². The smallest absolute Gasteiger partial charge is 0.271 e. The molecule has 1 fully saturated rings. The minimum atomic E-state index is -2.90. The van der Waals surface area contributed by atoms with Gasteiger partial charge in [0, 0.05) is 25.3 Å². The fourth-order valence-corrected chi connectivity index (χ4v) is 3.53. The molecular weight excluding hydrogens is 268 g/mol. The maximum atomic E-state index is 11.9. The molecule has 0 saturated carbocycles. The molecule has 1 aliphatic heterocycles. The Morgan fingerprint density at radius 1 is 1.47 bits per heavy atom.